The molecule has 1 aliphatic rings. The molecule has 0 aromatic heterocycles. The average Bonchev–Trinajstić information content (AvgIpc) is 2.40. The number of ether oxygens (including phenoxy) is 2. The monoisotopic (exact) mass is 298 g/mol. The SMILES string of the molecule is CCOc1ccc(C(Br)C2CCCCO2)cc1. The van der Waals surface area contributed by atoms with Gasteiger partial charge in [-0.3, -0.25) is 0 Å². The first-order chi connectivity index (χ1) is 8.31. The van der Waals surface area contributed by atoms with E-state index in [9.17, 15) is 0 Å². The number of hydrogen-bond acceptors (Lipinski definition) is 2. The van der Waals surface area contributed by atoms with E-state index in [4.69, 9.17) is 9.47 Å². The molecule has 1 fully saturated rings. The highest BCUT2D eigenvalue weighted by Gasteiger charge is 2.23. The van der Waals surface area contributed by atoms with Crippen molar-refractivity contribution < 1.29 is 9.47 Å². The first-order valence-corrected chi connectivity index (χ1v) is 7.21. The van der Waals surface area contributed by atoms with Crippen molar-refractivity contribution in [3.8, 4) is 5.75 Å². The smallest absolute Gasteiger partial charge is 0.119 e. The van der Waals surface area contributed by atoms with Crippen molar-refractivity contribution in [1.82, 2.24) is 0 Å². The zero-order chi connectivity index (χ0) is 12.1. The van der Waals surface area contributed by atoms with E-state index in [0.29, 0.717) is 17.5 Å². The van der Waals surface area contributed by atoms with Crippen molar-refractivity contribution in [3.05, 3.63) is 29.8 Å². The number of alkyl halides is 1. The van der Waals surface area contributed by atoms with Gasteiger partial charge >= 0.3 is 0 Å². The lowest BCUT2D eigenvalue weighted by molar-refractivity contribution is 0.0160. The molecule has 2 rings (SSSR count). The lowest BCUT2D eigenvalue weighted by Gasteiger charge is -2.27. The fourth-order valence-corrected chi connectivity index (χ4v) is 2.85. The van der Waals surface area contributed by atoms with Gasteiger partial charge in [0.25, 0.3) is 0 Å². The van der Waals surface area contributed by atoms with Gasteiger partial charge in [-0.05, 0) is 43.9 Å². The predicted molar refractivity (Wildman–Crippen MR) is 72.9 cm³/mol. The Bertz CT molecular complexity index is 331. The normalized spacial score (nSPS) is 22.1. The van der Waals surface area contributed by atoms with Gasteiger partial charge in [-0.1, -0.05) is 28.1 Å². The minimum absolute atomic E-state index is 0.290. The summed E-state index contributed by atoms with van der Waals surface area (Å²) in [6, 6.07) is 8.27. The lowest BCUT2D eigenvalue weighted by atomic mass is 10.0. The highest BCUT2D eigenvalue weighted by molar-refractivity contribution is 9.09. The molecule has 17 heavy (non-hydrogen) atoms. The third-order valence-corrected chi connectivity index (χ3v) is 4.17. The zero-order valence-corrected chi connectivity index (χ0v) is 11.8. The minimum atomic E-state index is 0.290. The van der Waals surface area contributed by atoms with Gasteiger partial charge in [0.2, 0.25) is 0 Å². The van der Waals surface area contributed by atoms with Crippen LogP contribution in [-0.2, 0) is 4.74 Å². The van der Waals surface area contributed by atoms with Crippen LogP contribution in [0.15, 0.2) is 24.3 Å². The van der Waals surface area contributed by atoms with E-state index in [-0.39, 0.29) is 0 Å². The number of halogens is 1. The summed E-state index contributed by atoms with van der Waals surface area (Å²) < 4.78 is 11.2. The van der Waals surface area contributed by atoms with Gasteiger partial charge < -0.3 is 9.47 Å². The van der Waals surface area contributed by atoms with Crippen LogP contribution in [0.1, 0.15) is 36.6 Å². The average molecular weight is 299 g/mol. The van der Waals surface area contributed by atoms with Crippen LogP contribution in [0, 0.1) is 0 Å². The van der Waals surface area contributed by atoms with E-state index in [1.165, 1.54) is 18.4 Å². The third kappa shape index (κ3) is 3.46. The summed E-state index contributed by atoms with van der Waals surface area (Å²) in [6.45, 7) is 3.60. The number of hydrogen-bond donors (Lipinski definition) is 0. The fraction of sp³-hybridized carbons (Fsp3) is 0.571. The lowest BCUT2D eigenvalue weighted by Crippen LogP contribution is -2.23. The Morgan fingerprint density at radius 2 is 2.12 bits per heavy atom. The second kappa shape index (κ2) is 6.41. The van der Waals surface area contributed by atoms with Crippen LogP contribution in [0.3, 0.4) is 0 Å². The molecule has 0 bridgehead atoms. The quantitative estimate of drug-likeness (QED) is 0.780. The minimum Gasteiger partial charge on any atom is -0.494 e. The van der Waals surface area contributed by atoms with E-state index >= 15 is 0 Å². The number of rotatable bonds is 4. The maximum absolute atomic E-state index is 5.79. The standard InChI is InChI=1S/C14H19BrO2/c1-2-16-12-8-6-11(7-9-12)14(15)13-5-3-4-10-17-13/h6-9,13-14H,2-5,10H2,1H3. The zero-order valence-electron chi connectivity index (χ0n) is 10.2. The van der Waals surface area contributed by atoms with E-state index in [1.54, 1.807) is 0 Å². The molecule has 1 aliphatic heterocycles. The van der Waals surface area contributed by atoms with Gasteiger partial charge in [0.1, 0.15) is 5.75 Å². The summed E-state index contributed by atoms with van der Waals surface area (Å²) in [5, 5.41) is 0. The van der Waals surface area contributed by atoms with Gasteiger partial charge in [0.15, 0.2) is 0 Å². The first-order valence-electron chi connectivity index (χ1n) is 6.29. The molecule has 0 aliphatic carbocycles. The molecule has 1 saturated heterocycles. The second-order valence-electron chi connectivity index (χ2n) is 4.31. The summed E-state index contributed by atoms with van der Waals surface area (Å²) in [7, 11) is 0. The van der Waals surface area contributed by atoms with Crippen molar-refractivity contribution in [2.75, 3.05) is 13.2 Å². The van der Waals surface area contributed by atoms with Crippen LogP contribution in [0.2, 0.25) is 0 Å². The summed E-state index contributed by atoms with van der Waals surface area (Å²) in [4.78, 5) is 0.290. The fourth-order valence-electron chi connectivity index (χ4n) is 2.13. The van der Waals surface area contributed by atoms with Crippen molar-refractivity contribution in [2.45, 2.75) is 37.1 Å². The molecular formula is C14H19BrO2. The Labute approximate surface area is 111 Å². The third-order valence-electron chi connectivity index (χ3n) is 3.05. The highest BCUT2D eigenvalue weighted by Crippen LogP contribution is 2.34. The summed E-state index contributed by atoms with van der Waals surface area (Å²) in [5.41, 5.74) is 1.26. The number of benzene rings is 1. The van der Waals surface area contributed by atoms with Crippen molar-refractivity contribution >= 4 is 15.9 Å². The summed E-state index contributed by atoms with van der Waals surface area (Å²) >= 11 is 3.75. The predicted octanol–water partition coefficient (Wildman–Crippen LogP) is 4.09. The Morgan fingerprint density at radius 1 is 1.35 bits per heavy atom. The molecule has 2 nitrogen and oxygen atoms in total. The van der Waals surface area contributed by atoms with Crippen LogP contribution in [-0.4, -0.2) is 19.3 Å². The highest BCUT2D eigenvalue weighted by atomic mass is 79.9. The molecule has 0 amide bonds. The Balaban J connectivity index is 2.00. The molecule has 0 spiro atoms. The van der Waals surface area contributed by atoms with E-state index < -0.39 is 0 Å². The molecule has 94 valence electrons. The van der Waals surface area contributed by atoms with Gasteiger partial charge in [0, 0.05) is 6.61 Å². The molecule has 0 saturated carbocycles. The van der Waals surface area contributed by atoms with Crippen LogP contribution in [0.4, 0.5) is 0 Å². The van der Waals surface area contributed by atoms with Gasteiger partial charge in [0.05, 0.1) is 17.5 Å². The molecule has 0 N–H and O–H groups in total. The molecule has 2 unspecified atom stereocenters. The molecular weight excluding hydrogens is 280 g/mol. The van der Waals surface area contributed by atoms with Crippen molar-refractivity contribution in [2.24, 2.45) is 0 Å². The summed E-state index contributed by atoms with van der Waals surface area (Å²) in [6.07, 6.45) is 3.91. The summed E-state index contributed by atoms with van der Waals surface area (Å²) in [5.74, 6) is 0.931. The molecule has 2 atom stereocenters. The molecule has 0 radical (unpaired) electrons. The second-order valence-corrected chi connectivity index (χ2v) is 5.30. The van der Waals surface area contributed by atoms with Crippen molar-refractivity contribution in [3.63, 3.8) is 0 Å². The van der Waals surface area contributed by atoms with E-state index in [1.807, 2.05) is 19.1 Å². The molecule has 1 aromatic carbocycles. The Morgan fingerprint density at radius 3 is 2.71 bits per heavy atom. The topological polar surface area (TPSA) is 18.5 Å². The van der Waals surface area contributed by atoms with Crippen LogP contribution < -0.4 is 4.74 Å². The van der Waals surface area contributed by atoms with Crippen molar-refractivity contribution in [1.29, 1.82) is 0 Å². The van der Waals surface area contributed by atoms with Gasteiger partial charge in [-0.15, -0.1) is 0 Å². The Hall–Kier alpha value is -0.540. The van der Waals surface area contributed by atoms with Crippen LogP contribution >= 0.6 is 15.9 Å². The largest absolute Gasteiger partial charge is 0.494 e. The molecule has 3 heteroatoms. The van der Waals surface area contributed by atoms with Gasteiger partial charge in [-0.2, -0.15) is 0 Å². The van der Waals surface area contributed by atoms with Gasteiger partial charge in [-0.25, -0.2) is 0 Å². The van der Waals surface area contributed by atoms with Crippen LogP contribution in [0.5, 0.6) is 5.75 Å². The van der Waals surface area contributed by atoms with Crippen LogP contribution in [0.25, 0.3) is 0 Å². The van der Waals surface area contributed by atoms with E-state index in [2.05, 4.69) is 28.1 Å². The molecule has 1 heterocycles. The Kier molecular flexibility index (Phi) is 4.86. The first kappa shape index (κ1) is 12.9. The van der Waals surface area contributed by atoms with E-state index in [0.717, 1.165) is 18.8 Å². The maximum atomic E-state index is 5.79. The maximum Gasteiger partial charge on any atom is 0.119 e. The molecule has 1 aromatic rings.